The van der Waals surface area contributed by atoms with Gasteiger partial charge in [-0.25, -0.2) is 4.79 Å². The SMILES string of the molecule is Nc1cc(C(=O)OCC(=O)Nc2ccc(N3CCCCCC3)cc2)ccc1Cl. The van der Waals surface area contributed by atoms with E-state index in [2.05, 4.69) is 10.2 Å². The lowest BCUT2D eigenvalue weighted by atomic mass is 10.2. The highest BCUT2D eigenvalue weighted by molar-refractivity contribution is 6.33. The minimum Gasteiger partial charge on any atom is -0.452 e. The van der Waals surface area contributed by atoms with E-state index >= 15 is 0 Å². The third kappa shape index (κ3) is 5.39. The van der Waals surface area contributed by atoms with Gasteiger partial charge in [0.05, 0.1) is 16.3 Å². The quantitative estimate of drug-likeness (QED) is 0.582. The van der Waals surface area contributed by atoms with Gasteiger partial charge in [-0.3, -0.25) is 4.79 Å². The average molecular weight is 402 g/mol. The number of hydrogen-bond donors (Lipinski definition) is 2. The summed E-state index contributed by atoms with van der Waals surface area (Å²) in [5.41, 5.74) is 8.02. The summed E-state index contributed by atoms with van der Waals surface area (Å²) in [5, 5.41) is 3.09. The first-order chi connectivity index (χ1) is 13.5. The van der Waals surface area contributed by atoms with E-state index in [9.17, 15) is 9.59 Å². The fourth-order valence-electron chi connectivity index (χ4n) is 3.17. The van der Waals surface area contributed by atoms with Gasteiger partial charge in [-0.2, -0.15) is 0 Å². The Balaban J connectivity index is 1.50. The van der Waals surface area contributed by atoms with Crippen molar-refractivity contribution in [3.8, 4) is 0 Å². The van der Waals surface area contributed by atoms with Crippen LogP contribution in [0.1, 0.15) is 36.0 Å². The Morgan fingerprint density at radius 3 is 2.36 bits per heavy atom. The van der Waals surface area contributed by atoms with Crippen molar-refractivity contribution in [2.24, 2.45) is 0 Å². The molecule has 0 aromatic heterocycles. The van der Waals surface area contributed by atoms with Crippen molar-refractivity contribution in [2.75, 3.05) is 35.6 Å². The molecule has 1 fully saturated rings. The summed E-state index contributed by atoms with van der Waals surface area (Å²) in [5.74, 6) is -1.03. The number of nitrogens with one attached hydrogen (secondary N) is 1. The average Bonchev–Trinajstić information content (AvgIpc) is 2.98. The van der Waals surface area contributed by atoms with E-state index in [1.165, 1.54) is 43.9 Å². The van der Waals surface area contributed by atoms with Gasteiger partial charge in [0.25, 0.3) is 5.91 Å². The maximum Gasteiger partial charge on any atom is 0.338 e. The summed E-state index contributed by atoms with van der Waals surface area (Å²) in [6, 6.07) is 12.2. The molecule has 1 amide bonds. The van der Waals surface area contributed by atoms with Crippen LogP contribution in [-0.4, -0.2) is 31.6 Å². The predicted molar refractivity (Wildman–Crippen MR) is 112 cm³/mol. The molecule has 2 aromatic carbocycles. The molecule has 3 rings (SSSR count). The molecule has 1 aliphatic rings. The number of nitrogen functional groups attached to an aromatic ring is 1. The minimum atomic E-state index is -0.630. The molecule has 148 valence electrons. The number of nitrogens with zero attached hydrogens (tertiary/aromatic N) is 1. The van der Waals surface area contributed by atoms with Crippen molar-refractivity contribution >= 4 is 40.5 Å². The van der Waals surface area contributed by atoms with Gasteiger partial charge in [0.2, 0.25) is 0 Å². The number of amides is 1. The molecule has 2 aromatic rings. The number of nitrogens with two attached hydrogens (primary N) is 1. The molecule has 0 atom stereocenters. The molecule has 0 spiro atoms. The fraction of sp³-hybridized carbons (Fsp3) is 0.333. The molecular weight excluding hydrogens is 378 g/mol. The van der Waals surface area contributed by atoms with E-state index in [1.807, 2.05) is 24.3 Å². The number of hydrogen-bond acceptors (Lipinski definition) is 5. The van der Waals surface area contributed by atoms with Crippen molar-refractivity contribution in [3.63, 3.8) is 0 Å². The second-order valence-electron chi connectivity index (χ2n) is 6.81. The number of ether oxygens (including phenoxy) is 1. The van der Waals surface area contributed by atoms with Crippen LogP contribution in [0, 0.1) is 0 Å². The molecular formula is C21H24ClN3O3. The molecule has 0 saturated carbocycles. The van der Waals surface area contributed by atoms with Crippen LogP contribution in [0.4, 0.5) is 17.1 Å². The maximum atomic E-state index is 12.1. The van der Waals surface area contributed by atoms with Crippen LogP contribution in [-0.2, 0) is 9.53 Å². The van der Waals surface area contributed by atoms with E-state index in [0.29, 0.717) is 10.7 Å². The highest BCUT2D eigenvalue weighted by atomic mass is 35.5. The Morgan fingerprint density at radius 2 is 1.71 bits per heavy atom. The van der Waals surface area contributed by atoms with Gasteiger partial charge >= 0.3 is 5.97 Å². The zero-order valence-electron chi connectivity index (χ0n) is 15.6. The summed E-state index contributed by atoms with van der Waals surface area (Å²) in [4.78, 5) is 26.4. The Morgan fingerprint density at radius 1 is 1.04 bits per heavy atom. The van der Waals surface area contributed by atoms with Crippen LogP contribution in [0.15, 0.2) is 42.5 Å². The molecule has 7 heteroatoms. The van der Waals surface area contributed by atoms with Gasteiger partial charge in [0.15, 0.2) is 6.61 Å². The number of benzene rings is 2. The van der Waals surface area contributed by atoms with Gasteiger partial charge in [-0.15, -0.1) is 0 Å². The number of esters is 1. The smallest absolute Gasteiger partial charge is 0.338 e. The van der Waals surface area contributed by atoms with Crippen LogP contribution in [0.2, 0.25) is 5.02 Å². The number of anilines is 3. The third-order valence-electron chi connectivity index (χ3n) is 4.69. The largest absolute Gasteiger partial charge is 0.452 e. The Hall–Kier alpha value is -2.73. The van der Waals surface area contributed by atoms with Crippen molar-refractivity contribution in [3.05, 3.63) is 53.1 Å². The Bertz CT molecular complexity index is 831. The van der Waals surface area contributed by atoms with E-state index < -0.39 is 11.9 Å². The summed E-state index contributed by atoms with van der Waals surface area (Å²) in [6.45, 7) is 1.75. The molecule has 1 heterocycles. The van der Waals surface area contributed by atoms with Crippen molar-refractivity contribution < 1.29 is 14.3 Å². The summed E-state index contributed by atoms with van der Waals surface area (Å²) in [7, 11) is 0. The van der Waals surface area contributed by atoms with Gasteiger partial charge in [0, 0.05) is 24.5 Å². The van der Waals surface area contributed by atoms with Crippen LogP contribution in [0.3, 0.4) is 0 Å². The fourth-order valence-corrected chi connectivity index (χ4v) is 3.28. The van der Waals surface area contributed by atoms with Gasteiger partial charge < -0.3 is 20.7 Å². The monoisotopic (exact) mass is 401 g/mol. The van der Waals surface area contributed by atoms with E-state index in [-0.39, 0.29) is 17.9 Å². The zero-order chi connectivity index (χ0) is 19.9. The topological polar surface area (TPSA) is 84.7 Å². The van der Waals surface area contributed by atoms with Gasteiger partial charge in [-0.05, 0) is 55.3 Å². The highest BCUT2D eigenvalue weighted by Crippen LogP contribution is 2.22. The molecule has 0 unspecified atom stereocenters. The normalized spacial score (nSPS) is 14.2. The standard InChI is InChI=1S/C21H24ClN3O3/c22-18-10-5-15(13-19(18)23)21(27)28-14-20(26)24-16-6-8-17(9-7-16)25-11-3-1-2-4-12-25/h5-10,13H,1-4,11-12,14,23H2,(H,24,26). The zero-order valence-corrected chi connectivity index (χ0v) is 16.4. The molecule has 0 aliphatic carbocycles. The lowest BCUT2D eigenvalue weighted by Gasteiger charge is -2.22. The van der Waals surface area contributed by atoms with E-state index in [1.54, 1.807) is 0 Å². The lowest BCUT2D eigenvalue weighted by Crippen LogP contribution is -2.24. The maximum absolute atomic E-state index is 12.1. The van der Waals surface area contributed by atoms with Gasteiger partial charge in [0.1, 0.15) is 0 Å². The van der Waals surface area contributed by atoms with Crippen LogP contribution < -0.4 is 16.0 Å². The summed E-state index contributed by atoms with van der Waals surface area (Å²) >= 11 is 5.83. The number of carbonyl (C=O) groups is 2. The molecule has 0 bridgehead atoms. The summed E-state index contributed by atoms with van der Waals surface area (Å²) < 4.78 is 5.03. The molecule has 28 heavy (non-hydrogen) atoms. The Labute approximate surface area is 169 Å². The second-order valence-corrected chi connectivity index (χ2v) is 7.22. The molecule has 0 radical (unpaired) electrons. The summed E-state index contributed by atoms with van der Waals surface area (Å²) in [6.07, 6.45) is 4.99. The van der Waals surface area contributed by atoms with Crippen molar-refractivity contribution in [1.29, 1.82) is 0 Å². The predicted octanol–water partition coefficient (Wildman–Crippen LogP) is 4.10. The molecule has 6 nitrogen and oxygen atoms in total. The third-order valence-corrected chi connectivity index (χ3v) is 5.03. The first-order valence-corrected chi connectivity index (χ1v) is 9.78. The molecule has 3 N–H and O–H groups in total. The van der Waals surface area contributed by atoms with E-state index in [0.717, 1.165) is 18.8 Å². The first-order valence-electron chi connectivity index (χ1n) is 9.40. The second kappa shape index (κ2) is 9.46. The number of halogens is 1. The van der Waals surface area contributed by atoms with Crippen molar-refractivity contribution in [2.45, 2.75) is 25.7 Å². The lowest BCUT2D eigenvalue weighted by molar-refractivity contribution is -0.119. The van der Waals surface area contributed by atoms with E-state index in [4.69, 9.17) is 22.1 Å². The first kappa shape index (κ1) is 20.0. The van der Waals surface area contributed by atoms with Crippen molar-refractivity contribution in [1.82, 2.24) is 0 Å². The molecule has 1 saturated heterocycles. The Kier molecular flexibility index (Phi) is 6.76. The minimum absolute atomic E-state index is 0.247. The number of carbonyl (C=O) groups excluding carboxylic acids is 2. The van der Waals surface area contributed by atoms with Crippen LogP contribution >= 0.6 is 11.6 Å². The van der Waals surface area contributed by atoms with Crippen LogP contribution in [0.5, 0.6) is 0 Å². The molecule has 1 aliphatic heterocycles. The highest BCUT2D eigenvalue weighted by Gasteiger charge is 2.13. The van der Waals surface area contributed by atoms with Crippen LogP contribution in [0.25, 0.3) is 0 Å². The number of rotatable bonds is 5. The van der Waals surface area contributed by atoms with Gasteiger partial charge in [-0.1, -0.05) is 24.4 Å².